The van der Waals surface area contributed by atoms with E-state index >= 15 is 0 Å². The number of ether oxygens (including phenoxy) is 1. The number of hydrogen-bond donors (Lipinski definition) is 3. The summed E-state index contributed by atoms with van der Waals surface area (Å²) in [5, 5.41) is 8.52. The lowest BCUT2D eigenvalue weighted by molar-refractivity contribution is -0.121. The number of amides is 2. The van der Waals surface area contributed by atoms with Crippen LogP contribution in [0.2, 0.25) is 0 Å². The molecule has 0 aliphatic carbocycles. The molecule has 154 valence electrons. The zero-order chi connectivity index (χ0) is 21.1. The predicted octanol–water partition coefficient (Wildman–Crippen LogP) is 4.27. The van der Waals surface area contributed by atoms with E-state index < -0.39 is 0 Å². The third-order valence-electron chi connectivity index (χ3n) is 4.12. The SMILES string of the molecule is CCCCC(=O)Nc1cccc(NC(=S)NC(=O)COc2ccc(CC)cc2)c1. The first-order valence-electron chi connectivity index (χ1n) is 9.72. The van der Waals surface area contributed by atoms with E-state index in [2.05, 4.69) is 22.9 Å². The molecule has 2 aromatic carbocycles. The number of benzene rings is 2. The molecule has 0 saturated carbocycles. The second-order valence-electron chi connectivity index (χ2n) is 6.52. The molecule has 0 saturated heterocycles. The average molecular weight is 414 g/mol. The zero-order valence-corrected chi connectivity index (χ0v) is 17.6. The lowest BCUT2D eigenvalue weighted by atomic mass is 10.2. The predicted molar refractivity (Wildman–Crippen MR) is 120 cm³/mol. The fourth-order valence-electron chi connectivity index (χ4n) is 2.53. The normalized spacial score (nSPS) is 10.1. The summed E-state index contributed by atoms with van der Waals surface area (Å²) in [6, 6.07) is 14.8. The molecular weight excluding hydrogens is 386 g/mol. The van der Waals surface area contributed by atoms with E-state index in [-0.39, 0.29) is 23.5 Å². The molecule has 0 spiro atoms. The minimum Gasteiger partial charge on any atom is -0.484 e. The first kappa shape index (κ1) is 22.4. The molecule has 0 unspecified atom stereocenters. The number of thiocarbonyl (C=S) groups is 1. The van der Waals surface area contributed by atoms with Crippen molar-refractivity contribution in [2.75, 3.05) is 17.2 Å². The molecular formula is C22H27N3O3S. The van der Waals surface area contributed by atoms with Crippen LogP contribution in [0, 0.1) is 0 Å². The molecule has 0 bridgehead atoms. The number of anilines is 2. The van der Waals surface area contributed by atoms with Crippen molar-refractivity contribution < 1.29 is 14.3 Å². The number of hydrogen-bond acceptors (Lipinski definition) is 4. The molecule has 29 heavy (non-hydrogen) atoms. The van der Waals surface area contributed by atoms with E-state index in [4.69, 9.17) is 17.0 Å². The van der Waals surface area contributed by atoms with Gasteiger partial charge < -0.3 is 15.4 Å². The van der Waals surface area contributed by atoms with Gasteiger partial charge in [0.2, 0.25) is 5.91 Å². The van der Waals surface area contributed by atoms with Gasteiger partial charge in [-0.3, -0.25) is 14.9 Å². The Hall–Kier alpha value is -2.93. The number of carbonyl (C=O) groups excluding carboxylic acids is 2. The summed E-state index contributed by atoms with van der Waals surface area (Å²) in [4.78, 5) is 23.9. The molecule has 0 radical (unpaired) electrons. The number of aryl methyl sites for hydroxylation is 1. The fraction of sp³-hybridized carbons (Fsp3) is 0.318. The van der Waals surface area contributed by atoms with Gasteiger partial charge in [0.15, 0.2) is 11.7 Å². The molecule has 0 aliphatic rings. The monoisotopic (exact) mass is 413 g/mol. The Bertz CT molecular complexity index is 837. The van der Waals surface area contributed by atoms with Gasteiger partial charge in [0.05, 0.1) is 0 Å². The maximum absolute atomic E-state index is 12.0. The molecule has 2 rings (SSSR count). The lowest BCUT2D eigenvalue weighted by Gasteiger charge is -2.12. The highest BCUT2D eigenvalue weighted by atomic mass is 32.1. The smallest absolute Gasteiger partial charge is 0.264 e. The summed E-state index contributed by atoms with van der Waals surface area (Å²) in [5.74, 6) is 0.248. The van der Waals surface area contributed by atoms with Gasteiger partial charge in [-0.05, 0) is 61.0 Å². The highest BCUT2D eigenvalue weighted by molar-refractivity contribution is 7.80. The van der Waals surface area contributed by atoms with E-state index in [1.165, 1.54) is 5.56 Å². The van der Waals surface area contributed by atoms with Crippen LogP contribution < -0.4 is 20.7 Å². The largest absolute Gasteiger partial charge is 0.484 e. The van der Waals surface area contributed by atoms with Crippen LogP contribution in [0.3, 0.4) is 0 Å². The van der Waals surface area contributed by atoms with Gasteiger partial charge in [-0.1, -0.05) is 38.5 Å². The van der Waals surface area contributed by atoms with E-state index in [1.807, 2.05) is 31.2 Å². The third-order valence-corrected chi connectivity index (χ3v) is 4.32. The second-order valence-corrected chi connectivity index (χ2v) is 6.93. The van der Waals surface area contributed by atoms with Gasteiger partial charge in [0.1, 0.15) is 5.75 Å². The van der Waals surface area contributed by atoms with Gasteiger partial charge in [-0.15, -0.1) is 0 Å². The van der Waals surface area contributed by atoms with Crippen LogP contribution in [-0.2, 0) is 16.0 Å². The molecule has 0 aliphatic heterocycles. The van der Waals surface area contributed by atoms with E-state index in [0.717, 1.165) is 19.3 Å². The number of rotatable bonds is 9. The van der Waals surface area contributed by atoms with Crippen LogP contribution in [-0.4, -0.2) is 23.5 Å². The fourth-order valence-corrected chi connectivity index (χ4v) is 2.76. The van der Waals surface area contributed by atoms with E-state index in [9.17, 15) is 9.59 Å². The van der Waals surface area contributed by atoms with Crippen molar-refractivity contribution in [1.82, 2.24) is 5.32 Å². The third kappa shape index (κ3) is 8.31. The number of carbonyl (C=O) groups is 2. The Morgan fingerprint density at radius 3 is 2.31 bits per heavy atom. The summed E-state index contributed by atoms with van der Waals surface area (Å²) >= 11 is 5.18. The topological polar surface area (TPSA) is 79.5 Å². The van der Waals surface area contributed by atoms with Gasteiger partial charge in [0, 0.05) is 17.8 Å². The number of nitrogens with one attached hydrogen (secondary N) is 3. The van der Waals surface area contributed by atoms with Crippen molar-refractivity contribution in [3.05, 3.63) is 54.1 Å². The van der Waals surface area contributed by atoms with Crippen LogP contribution in [0.15, 0.2) is 48.5 Å². The standard InChI is InChI=1S/C22H27N3O3S/c1-3-5-9-20(26)23-17-7-6-8-18(14-17)24-22(29)25-21(27)15-28-19-12-10-16(4-2)11-13-19/h6-8,10-14H,3-5,9,15H2,1-2H3,(H,23,26)(H2,24,25,27,29). The van der Waals surface area contributed by atoms with Crippen molar-refractivity contribution in [2.45, 2.75) is 39.5 Å². The zero-order valence-electron chi connectivity index (χ0n) is 16.8. The van der Waals surface area contributed by atoms with Crippen molar-refractivity contribution in [3.63, 3.8) is 0 Å². The van der Waals surface area contributed by atoms with E-state index in [0.29, 0.717) is 23.5 Å². The molecule has 2 amide bonds. The van der Waals surface area contributed by atoms with Gasteiger partial charge in [-0.2, -0.15) is 0 Å². The van der Waals surface area contributed by atoms with Crippen LogP contribution >= 0.6 is 12.2 Å². The molecule has 0 atom stereocenters. The van der Waals surface area contributed by atoms with Gasteiger partial charge in [0.25, 0.3) is 5.91 Å². The van der Waals surface area contributed by atoms with Crippen LogP contribution in [0.4, 0.5) is 11.4 Å². The van der Waals surface area contributed by atoms with Gasteiger partial charge in [-0.25, -0.2) is 0 Å². The minimum absolute atomic E-state index is 0.0241. The summed E-state index contributed by atoms with van der Waals surface area (Å²) in [7, 11) is 0. The first-order valence-corrected chi connectivity index (χ1v) is 10.1. The van der Waals surface area contributed by atoms with E-state index in [1.54, 1.807) is 24.3 Å². The minimum atomic E-state index is -0.355. The molecule has 7 heteroatoms. The molecule has 0 aromatic heterocycles. The highest BCUT2D eigenvalue weighted by Crippen LogP contribution is 2.16. The molecule has 2 aromatic rings. The van der Waals surface area contributed by atoms with Crippen LogP contribution in [0.5, 0.6) is 5.75 Å². The molecule has 0 fully saturated rings. The first-order chi connectivity index (χ1) is 14.0. The molecule has 6 nitrogen and oxygen atoms in total. The van der Waals surface area contributed by atoms with Crippen molar-refractivity contribution in [1.29, 1.82) is 0 Å². The Morgan fingerprint density at radius 1 is 0.966 bits per heavy atom. The summed E-state index contributed by atoms with van der Waals surface area (Å²) in [5.41, 5.74) is 2.54. The summed E-state index contributed by atoms with van der Waals surface area (Å²) < 4.78 is 5.47. The highest BCUT2D eigenvalue weighted by Gasteiger charge is 2.07. The average Bonchev–Trinajstić information content (AvgIpc) is 2.71. The number of unbranched alkanes of at least 4 members (excludes halogenated alkanes) is 1. The maximum atomic E-state index is 12.0. The van der Waals surface area contributed by atoms with Crippen LogP contribution in [0.1, 0.15) is 38.7 Å². The Balaban J connectivity index is 1.79. The summed E-state index contributed by atoms with van der Waals surface area (Å²) in [6.45, 7) is 3.98. The Kier molecular flexibility index (Phi) is 9.11. The van der Waals surface area contributed by atoms with Crippen LogP contribution in [0.25, 0.3) is 0 Å². The van der Waals surface area contributed by atoms with Crippen molar-refractivity contribution in [2.24, 2.45) is 0 Å². The maximum Gasteiger partial charge on any atom is 0.264 e. The van der Waals surface area contributed by atoms with Crippen molar-refractivity contribution in [3.8, 4) is 5.75 Å². The lowest BCUT2D eigenvalue weighted by Crippen LogP contribution is -2.37. The van der Waals surface area contributed by atoms with Gasteiger partial charge >= 0.3 is 0 Å². The Morgan fingerprint density at radius 2 is 1.66 bits per heavy atom. The summed E-state index contributed by atoms with van der Waals surface area (Å²) in [6.07, 6.45) is 3.26. The van der Waals surface area contributed by atoms with Crippen molar-refractivity contribution >= 4 is 40.5 Å². The quantitative estimate of drug-likeness (QED) is 0.535. The Labute approximate surface area is 177 Å². The molecule has 0 heterocycles. The molecule has 3 N–H and O–H groups in total. The second kappa shape index (κ2) is 11.8.